The highest BCUT2D eigenvalue weighted by Crippen LogP contribution is 2.33. The van der Waals surface area contributed by atoms with Crippen LogP contribution in [0.4, 0.5) is 0 Å². The van der Waals surface area contributed by atoms with Gasteiger partial charge >= 0.3 is 0 Å². The standard InChI is InChI=1S/C20H28ClN5O3/c1-14(27)25-7-5-24(6-8-25)9-10-29-18-4-2-3-15-12-26(13-16(15)18)17-11-22-23-20(28)19(17)21/h2-4,17,19,22H,5-13H2,1H3,(H,23,28). The van der Waals surface area contributed by atoms with Crippen molar-refractivity contribution in [2.45, 2.75) is 31.4 Å². The number of benzene rings is 1. The summed E-state index contributed by atoms with van der Waals surface area (Å²) in [4.78, 5) is 29.8. The number of nitrogens with zero attached hydrogens (tertiary/aromatic N) is 3. The summed E-state index contributed by atoms with van der Waals surface area (Å²) in [6.45, 7) is 8.54. The van der Waals surface area contributed by atoms with E-state index in [-0.39, 0.29) is 17.9 Å². The van der Waals surface area contributed by atoms with E-state index in [1.165, 1.54) is 11.1 Å². The molecule has 0 aliphatic carbocycles. The van der Waals surface area contributed by atoms with Gasteiger partial charge in [0.15, 0.2) is 0 Å². The molecule has 0 radical (unpaired) electrons. The second-order valence-corrected chi connectivity index (χ2v) is 8.30. The summed E-state index contributed by atoms with van der Waals surface area (Å²) in [6.07, 6.45) is 0. The third-order valence-corrected chi connectivity index (χ3v) is 6.52. The number of alkyl halides is 1. The van der Waals surface area contributed by atoms with Crippen LogP contribution in [0.3, 0.4) is 0 Å². The van der Waals surface area contributed by atoms with E-state index >= 15 is 0 Å². The van der Waals surface area contributed by atoms with Gasteiger partial charge in [-0.15, -0.1) is 11.6 Å². The number of hydrazine groups is 1. The molecule has 3 aliphatic heterocycles. The Morgan fingerprint density at radius 2 is 2.03 bits per heavy atom. The molecule has 2 amide bonds. The van der Waals surface area contributed by atoms with Crippen LogP contribution in [0.5, 0.6) is 5.75 Å². The maximum absolute atomic E-state index is 11.9. The molecule has 2 N–H and O–H groups in total. The number of hydrogen-bond donors (Lipinski definition) is 2. The highest BCUT2D eigenvalue weighted by molar-refractivity contribution is 6.31. The third-order valence-electron chi connectivity index (χ3n) is 6.03. The number of carbonyl (C=O) groups excluding carboxylic acids is 2. The molecule has 1 aromatic rings. The summed E-state index contributed by atoms with van der Waals surface area (Å²) >= 11 is 6.34. The van der Waals surface area contributed by atoms with Crippen LogP contribution in [0.15, 0.2) is 18.2 Å². The number of amides is 2. The largest absolute Gasteiger partial charge is 0.492 e. The van der Waals surface area contributed by atoms with Gasteiger partial charge in [0.2, 0.25) is 5.91 Å². The first kappa shape index (κ1) is 20.4. The second kappa shape index (κ2) is 8.87. The minimum atomic E-state index is -0.566. The number of rotatable bonds is 5. The lowest BCUT2D eigenvalue weighted by Gasteiger charge is -2.34. The Hall–Kier alpha value is -1.87. The monoisotopic (exact) mass is 421 g/mol. The molecule has 1 aromatic carbocycles. The number of ether oxygens (including phenoxy) is 1. The van der Waals surface area contributed by atoms with Crippen LogP contribution in [0.25, 0.3) is 0 Å². The van der Waals surface area contributed by atoms with E-state index in [9.17, 15) is 9.59 Å². The van der Waals surface area contributed by atoms with Crippen LogP contribution in [0.2, 0.25) is 0 Å². The van der Waals surface area contributed by atoms with E-state index in [0.29, 0.717) is 13.2 Å². The zero-order valence-corrected chi connectivity index (χ0v) is 17.5. The van der Waals surface area contributed by atoms with Crippen molar-refractivity contribution in [3.8, 4) is 5.75 Å². The minimum absolute atomic E-state index is 0.0526. The van der Waals surface area contributed by atoms with Gasteiger partial charge in [0, 0.05) is 70.9 Å². The molecule has 0 saturated carbocycles. The maximum atomic E-state index is 11.9. The van der Waals surface area contributed by atoms with E-state index < -0.39 is 5.38 Å². The lowest BCUT2D eigenvalue weighted by Crippen LogP contribution is -2.60. The van der Waals surface area contributed by atoms with Crippen molar-refractivity contribution >= 4 is 23.4 Å². The fourth-order valence-electron chi connectivity index (χ4n) is 4.26. The fourth-order valence-corrected chi connectivity index (χ4v) is 4.56. The molecule has 3 heterocycles. The Balaban J connectivity index is 1.31. The molecule has 0 spiro atoms. The van der Waals surface area contributed by atoms with Gasteiger partial charge in [-0.2, -0.15) is 0 Å². The molecule has 9 heteroatoms. The first-order valence-electron chi connectivity index (χ1n) is 10.1. The Morgan fingerprint density at radius 1 is 1.24 bits per heavy atom. The van der Waals surface area contributed by atoms with Crippen LogP contribution in [-0.2, 0) is 22.7 Å². The van der Waals surface area contributed by atoms with Crippen molar-refractivity contribution in [1.82, 2.24) is 25.6 Å². The molecule has 0 aromatic heterocycles. The molecule has 29 heavy (non-hydrogen) atoms. The Bertz CT molecular complexity index is 768. The van der Waals surface area contributed by atoms with Crippen molar-refractivity contribution in [1.29, 1.82) is 0 Å². The molecule has 4 rings (SSSR count). The Labute approximate surface area is 176 Å². The summed E-state index contributed by atoms with van der Waals surface area (Å²) in [5.74, 6) is 0.877. The van der Waals surface area contributed by atoms with Gasteiger partial charge in [0.05, 0.1) is 0 Å². The van der Waals surface area contributed by atoms with Crippen molar-refractivity contribution in [2.24, 2.45) is 0 Å². The highest BCUT2D eigenvalue weighted by Gasteiger charge is 2.37. The zero-order valence-electron chi connectivity index (χ0n) is 16.7. The van der Waals surface area contributed by atoms with Crippen molar-refractivity contribution in [2.75, 3.05) is 45.9 Å². The predicted molar refractivity (Wildman–Crippen MR) is 109 cm³/mol. The molecule has 158 valence electrons. The van der Waals surface area contributed by atoms with Gasteiger partial charge in [0.1, 0.15) is 17.7 Å². The number of carbonyl (C=O) groups is 2. The van der Waals surface area contributed by atoms with Crippen LogP contribution in [0.1, 0.15) is 18.1 Å². The van der Waals surface area contributed by atoms with Gasteiger partial charge in [-0.3, -0.25) is 24.8 Å². The molecular weight excluding hydrogens is 394 g/mol. The van der Waals surface area contributed by atoms with Crippen LogP contribution >= 0.6 is 11.6 Å². The van der Waals surface area contributed by atoms with E-state index in [0.717, 1.165) is 51.6 Å². The molecule has 2 fully saturated rings. The lowest BCUT2D eigenvalue weighted by molar-refractivity contribution is -0.130. The summed E-state index contributed by atoms with van der Waals surface area (Å²) in [6, 6.07) is 6.10. The van der Waals surface area contributed by atoms with Gasteiger partial charge in [-0.05, 0) is 11.6 Å². The van der Waals surface area contributed by atoms with Gasteiger partial charge in [-0.25, -0.2) is 5.43 Å². The maximum Gasteiger partial charge on any atom is 0.253 e. The average molecular weight is 422 g/mol. The minimum Gasteiger partial charge on any atom is -0.492 e. The van der Waals surface area contributed by atoms with E-state index in [2.05, 4.69) is 26.7 Å². The van der Waals surface area contributed by atoms with E-state index in [4.69, 9.17) is 16.3 Å². The molecule has 8 nitrogen and oxygen atoms in total. The number of halogens is 1. The normalized spacial score (nSPS) is 25.6. The van der Waals surface area contributed by atoms with Crippen molar-refractivity contribution in [3.63, 3.8) is 0 Å². The molecule has 2 saturated heterocycles. The molecule has 2 unspecified atom stereocenters. The quantitative estimate of drug-likeness (QED) is 0.659. The predicted octanol–water partition coefficient (Wildman–Crippen LogP) is 0.156. The molecular formula is C20H28ClN5O3. The van der Waals surface area contributed by atoms with E-state index in [1.54, 1.807) is 6.92 Å². The lowest BCUT2D eigenvalue weighted by atomic mass is 10.1. The number of piperazine rings is 1. The zero-order chi connectivity index (χ0) is 20.4. The smallest absolute Gasteiger partial charge is 0.253 e. The first-order chi connectivity index (χ1) is 14.0. The average Bonchev–Trinajstić information content (AvgIpc) is 3.15. The second-order valence-electron chi connectivity index (χ2n) is 7.83. The SMILES string of the molecule is CC(=O)N1CCN(CCOc2cccc3c2CN(C2CNNC(=O)C2Cl)C3)CC1. The van der Waals surface area contributed by atoms with Crippen LogP contribution in [-0.4, -0.2) is 83.8 Å². The summed E-state index contributed by atoms with van der Waals surface area (Å²) in [5, 5.41) is -0.566. The molecule has 3 aliphatic rings. The fraction of sp³-hybridized carbons (Fsp3) is 0.600. The van der Waals surface area contributed by atoms with Crippen molar-refractivity contribution < 1.29 is 14.3 Å². The topological polar surface area (TPSA) is 77.2 Å². The highest BCUT2D eigenvalue weighted by atomic mass is 35.5. The molecule has 0 bridgehead atoms. The number of nitrogens with one attached hydrogen (secondary N) is 2. The van der Waals surface area contributed by atoms with Crippen LogP contribution in [0, 0.1) is 0 Å². The summed E-state index contributed by atoms with van der Waals surface area (Å²) in [7, 11) is 0. The number of hydrogen-bond acceptors (Lipinski definition) is 6. The van der Waals surface area contributed by atoms with Gasteiger partial charge < -0.3 is 9.64 Å². The van der Waals surface area contributed by atoms with Crippen LogP contribution < -0.4 is 15.6 Å². The third kappa shape index (κ3) is 4.50. The van der Waals surface area contributed by atoms with Gasteiger partial charge in [-0.1, -0.05) is 12.1 Å². The number of fused-ring (bicyclic) bond motifs is 1. The van der Waals surface area contributed by atoms with Crippen molar-refractivity contribution in [3.05, 3.63) is 29.3 Å². The Kier molecular flexibility index (Phi) is 6.24. The molecule has 2 atom stereocenters. The Morgan fingerprint density at radius 3 is 2.79 bits per heavy atom. The first-order valence-corrected chi connectivity index (χ1v) is 10.6. The summed E-state index contributed by atoms with van der Waals surface area (Å²) < 4.78 is 6.13. The summed E-state index contributed by atoms with van der Waals surface area (Å²) in [5.41, 5.74) is 7.93. The van der Waals surface area contributed by atoms with Gasteiger partial charge in [0.25, 0.3) is 5.91 Å². The van der Waals surface area contributed by atoms with E-state index in [1.807, 2.05) is 17.0 Å².